The molecular weight excluding hydrogens is 214 g/mol. The molecule has 4 nitrogen and oxygen atoms in total. The summed E-state index contributed by atoms with van der Waals surface area (Å²) in [4.78, 5) is 0. The summed E-state index contributed by atoms with van der Waals surface area (Å²) in [6.07, 6.45) is 0. The number of rotatable bonds is 3. The second-order valence-electron chi connectivity index (χ2n) is 3.49. The van der Waals surface area contributed by atoms with E-state index in [0.29, 0.717) is 5.69 Å². The van der Waals surface area contributed by atoms with E-state index < -0.39 is 0 Å². The number of ether oxygens (including phenoxy) is 1. The largest absolute Gasteiger partial charge is 0.497 e. The van der Waals surface area contributed by atoms with Gasteiger partial charge in [0.15, 0.2) is 0 Å². The summed E-state index contributed by atoms with van der Waals surface area (Å²) < 4.78 is 5.06. The average molecular weight is 227 g/mol. The van der Waals surface area contributed by atoms with Crippen LogP contribution in [0.25, 0.3) is 0 Å². The molecule has 0 unspecified atom stereocenters. The highest BCUT2D eigenvalue weighted by Gasteiger charge is 1.92. The minimum Gasteiger partial charge on any atom is -0.497 e. The molecule has 0 spiro atoms. The molecule has 0 bridgehead atoms. The molecule has 2 rings (SSSR count). The van der Waals surface area contributed by atoms with E-state index in [1.54, 1.807) is 19.2 Å². The first-order valence-corrected chi connectivity index (χ1v) is 5.19. The van der Waals surface area contributed by atoms with Crippen molar-refractivity contribution in [3.63, 3.8) is 0 Å². The predicted octanol–water partition coefficient (Wildman–Crippen LogP) is 3.69. The fourth-order valence-corrected chi connectivity index (χ4v) is 1.31. The molecule has 2 aromatic rings. The van der Waals surface area contributed by atoms with Crippen LogP contribution in [0, 0.1) is 0 Å². The normalized spacial score (nSPS) is 10.6. The Balaban J connectivity index is 2.11. The van der Waals surface area contributed by atoms with Crippen LogP contribution >= 0.6 is 0 Å². The summed E-state index contributed by atoms with van der Waals surface area (Å²) >= 11 is 0. The summed E-state index contributed by atoms with van der Waals surface area (Å²) in [5.74, 6) is 0.802. The molecule has 86 valence electrons. The van der Waals surface area contributed by atoms with E-state index in [2.05, 4.69) is 10.2 Å². The number of nitrogens with two attached hydrogens (primary N) is 1. The minimum absolute atomic E-state index is 0.716. The molecule has 0 fully saturated rings. The zero-order chi connectivity index (χ0) is 12.1. The van der Waals surface area contributed by atoms with Gasteiger partial charge in [0.2, 0.25) is 0 Å². The fraction of sp³-hybridized carbons (Fsp3) is 0.0769. The summed E-state index contributed by atoms with van der Waals surface area (Å²) in [6, 6.07) is 14.6. The van der Waals surface area contributed by atoms with Crippen LogP contribution in [0.3, 0.4) is 0 Å². The maximum Gasteiger partial charge on any atom is 0.119 e. The van der Waals surface area contributed by atoms with Gasteiger partial charge in [0.1, 0.15) is 5.75 Å². The van der Waals surface area contributed by atoms with Crippen LogP contribution in [0.4, 0.5) is 17.1 Å². The fourth-order valence-electron chi connectivity index (χ4n) is 1.31. The van der Waals surface area contributed by atoms with Crippen LogP contribution in [-0.2, 0) is 0 Å². The molecule has 4 heteroatoms. The predicted molar refractivity (Wildman–Crippen MR) is 68.0 cm³/mol. The Morgan fingerprint density at radius 2 is 1.29 bits per heavy atom. The highest BCUT2D eigenvalue weighted by molar-refractivity contribution is 5.48. The van der Waals surface area contributed by atoms with Gasteiger partial charge in [-0.05, 0) is 48.5 Å². The van der Waals surface area contributed by atoms with E-state index in [9.17, 15) is 0 Å². The van der Waals surface area contributed by atoms with Crippen molar-refractivity contribution in [3.05, 3.63) is 48.5 Å². The molecule has 0 radical (unpaired) electrons. The molecule has 0 aliphatic rings. The number of hydrogen-bond acceptors (Lipinski definition) is 4. The average Bonchev–Trinajstić information content (AvgIpc) is 2.39. The van der Waals surface area contributed by atoms with Crippen molar-refractivity contribution in [1.82, 2.24) is 0 Å². The van der Waals surface area contributed by atoms with Crippen molar-refractivity contribution < 1.29 is 4.74 Å². The van der Waals surface area contributed by atoms with Gasteiger partial charge in [-0.3, -0.25) is 0 Å². The third-order valence-electron chi connectivity index (χ3n) is 2.25. The number of nitrogens with zero attached hydrogens (tertiary/aromatic N) is 2. The van der Waals surface area contributed by atoms with Crippen LogP contribution in [0.15, 0.2) is 58.8 Å². The van der Waals surface area contributed by atoms with Crippen molar-refractivity contribution in [2.75, 3.05) is 12.8 Å². The third kappa shape index (κ3) is 3.04. The maximum absolute atomic E-state index is 5.58. The molecule has 0 saturated heterocycles. The molecule has 0 aliphatic heterocycles. The Bertz CT molecular complexity index is 503. The number of azo groups is 1. The molecule has 2 N–H and O–H groups in total. The molecule has 0 aliphatic carbocycles. The Morgan fingerprint density at radius 3 is 1.76 bits per heavy atom. The van der Waals surface area contributed by atoms with Crippen LogP contribution in [0.1, 0.15) is 0 Å². The summed E-state index contributed by atoms with van der Waals surface area (Å²) in [6.45, 7) is 0. The molecular formula is C13H13N3O. The molecule has 0 aromatic heterocycles. The third-order valence-corrected chi connectivity index (χ3v) is 2.25. The number of benzene rings is 2. The van der Waals surface area contributed by atoms with Crippen molar-refractivity contribution >= 4 is 17.1 Å². The van der Waals surface area contributed by atoms with Crippen molar-refractivity contribution in [2.24, 2.45) is 10.2 Å². The number of methoxy groups -OCH3 is 1. The zero-order valence-corrected chi connectivity index (χ0v) is 9.50. The Kier molecular flexibility index (Phi) is 3.35. The standard InChI is InChI=1S/C13H13N3O/c1-17-13-8-6-12(7-9-13)16-15-11-4-2-10(14)3-5-11/h2-9H,14H2,1H3. The molecule has 17 heavy (non-hydrogen) atoms. The lowest BCUT2D eigenvalue weighted by Gasteiger charge is -1.98. The van der Waals surface area contributed by atoms with Gasteiger partial charge >= 0.3 is 0 Å². The second-order valence-corrected chi connectivity index (χ2v) is 3.49. The van der Waals surface area contributed by atoms with Gasteiger partial charge in [0, 0.05) is 5.69 Å². The van der Waals surface area contributed by atoms with Gasteiger partial charge < -0.3 is 10.5 Å². The zero-order valence-electron chi connectivity index (χ0n) is 9.50. The van der Waals surface area contributed by atoms with Crippen molar-refractivity contribution in [1.29, 1.82) is 0 Å². The van der Waals surface area contributed by atoms with E-state index >= 15 is 0 Å². The minimum atomic E-state index is 0.716. The first-order valence-electron chi connectivity index (χ1n) is 5.19. The number of anilines is 1. The van der Waals surface area contributed by atoms with Gasteiger partial charge in [0.05, 0.1) is 18.5 Å². The molecule has 2 aromatic carbocycles. The monoisotopic (exact) mass is 227 g/mol. The van der Waals surface area contributed by atoms with Crippen LogP contribution in [0.2, 0.25) is 0 Å². The number of nitrogen functional groups attached to an aromatic ring is 1. The lowest BCUT2D eigenvalue weighted by atomic mass is 10.3. The lowest BCUT2D eigenvalue weighted by Crippen LogP contribution is -1.80. The van der Waals surface area contributed by atoms with Crippen LogP contribution in [-0.4, -0.2) is 7.11 Å². The number of hydrogen-bond donors (Lipinski definition) is 1. The summed E-state index contributed by atoms with van der Waals surface area (Å²) in [7, 11) is 1.63. The van der Waals surface area contributed by atoms with E-state index in [1.165, 1.54) is 0 Å². The van der Waals surface area contributed by atoms with Gasteiger partial charge in [0.25, 0.3) is 0 Å². The lowest BCUT2D eigenvalue weighted by molar-refractivity contribution is 0.415. The van der Waals surface area contributed by atoms with Crippen molar-refractivity contribution in [3.8, 4) is 5.75 Å². The Labute approximate surface area is 99.8 Å². The molecule has 0 atom stereocenters. The first kappa shape index (κ1) is 11.1. The van der Waals surface area contributed by atoms with Crippen LogP contribution in [0.5, 0.6) is 5.75 Å². The SMILES string of the molecule is COc1ccc(N=Nc2ccc(N)cc2)cc1. The van der Waals surface area contributed by atoms with Gasteiger partial charge in [-0.25, -0.2) is 0 Å². The van der Waals surface area contributed by atoms with Gasteiger partial charge in [-0.1, -0.05) is 0 Å². The van der Waals surface area contributed by atoms with E-state index in [-0.39, 0.29) is 0 Å². The highest BCUT2D eigenvalue weighted by Crippen LogP contribution is 2.21. The summed E-state index contributed by atoms with van der Waals surface area (Å²) in [5.41, 5.74) is 7.85. The van der Waals surface area contributed by atoms with Gasteiger partial charge in [-0.2, -0.15) is 10.2 Å². The Morgan fingerprint density at radius 1 is 0.824 bits per heavy atom. The van der Waals surface area contributed by atoms with E-state index in [1.807, 2.05) is 36.4 Å². The Hall–Kier alpha value is -2.36. The molecule has 0 amide bonds. The second kappa shape index (κ2) is 5.12. The topological polar surface area (TPSA) is 60.0 Å². The summed E-state index contributed by atoms with van der Waals surface area (Å²) in [5, 5.41) is 8.21. The van der Waals surface area contributed by atoms with Crippen LogP contribution < -0.4 is 10.5 Å². The van der Waals surface area contributed by atoms with Crippen molar-refractivity contribution in [2.45, 2.75) is 0 Å². The molecule has 0 heterocycles. The smallest absolute Gasteiger partial charge is 0.119 e. The maximum atomic E-state index is 5.58. The highest BCUT2D eigenvalue weighted by atomic mass is 16.5. The first-order chi connectivity index (χ1) is 8.28. The molecule has 0 saturated carbocycles. The van der Waals surface area contributed by atoms with Gasteiger partial charge in [-0.15, -0.1) is 0 Å². The quantitative estimate of drug-likeness (QED) is 0.642. The van der Waals surface area contributed by atoms with E-state index in [4.69, 9.17) is 10.5 Å². The van der Waals surface area contributed by atoms with E-state index in [0.717, 1.165) is 17.1 Å².